The molecule has 1 rings (SSSR count). The van der Waals surface area contributed by atoms with Crippen LogP contribution in [0.2, 0.25) is 5.02 Å². The molecule has 1 aromatic carbocycles. The summed E-state index contributed by atoms with van der Waals surface area (Å²) in [6.07, 6.45) is 0.160. The normalized spacial score (nSPS) is 13.8. The summed E-state index contributed by atoms with van der Waals surface area (Å²) in [6.45, 7) is 5.50. The maximum absolute atomic E-state index is 13.2. The molecule has 0 radical (unpaired) electrons. The summed E-state index contributed by atoms with van der Waals surface area (Å²) in [5.74, 6) is -0.507. The average molecular weight is 274 g/mol. The molecule has 5 heteroatoms. The zero-order chi connectivity index (χ0) is 13.7. The fraction of sp³-hybridized carbons (Fsp3) is 0.462. The lowest BCUT2D eigenvalue weighted by atomic mass is 10.2. The van der Waals surface area contributed by atoms with Gasteiger partial charge in [0.15, 0.2) is 6.10 Å². The molecule has 0 saturated heterocycles. The summed E-state index contributed by atoms with van der Waals surface area (Å²) in [5.41, 5.74) is 0. The SMILES string of the molecule is CCC(C)NC(=O)C(C)Oc1ccc(Cl)c(F)c1. The van der Waals surface area contributed by atoms with Gasteiger partial charge in [-0.15, -0.1) is 0 Å². The van der Waals surface area contributed by atoms with Gasteiger partial charge in [0.05, 0.1) is 5.02 Å². The van der Waals surface area contributed by atoms with Crippen molar-refractivity contribution in [2.24, 2.45) is 0 Å². The Labute approximate surface area is 111 Å². The Kier molecular flexibility index (Phi) is 5.41. The molecule has 18 heavy (non-hydrogen) atoms. The first-order chi connectivity index (χ1) is 8.43. The predicted octanol–water partition coefficient (Wildman–Crippen LogP) is 3.16. The zero-order valence-electron chi connectivity index (χ0n) is 10.7. The van der Waals surface area contributed by atoms with Crippen LogP contribution in [0.15, 0.2) is 18.2 Å². The van der Waals surface area contributed by atoms with Gasteiger partial charge < -0.3 is 10.1 Å². The summed E-state index contributed by atoms with van der Waals surface area (Å²) >= 11 is 5.56. The lowest BCUT2D eigenvalue weighted by Gasteiger charge is -2.17. The minimum absolute atomic E-state index is 0.0269. The minimum atomic E-state index is -0.681. The van der Waals surface area contributed by atoms with Crippen LogP contribution in [0.3, 0.4) is 0 Å². The molecular weight excluding hydrogens is 257 g/mol. The number of hydrogen-bond donors (Lipinski definition) is 1. The summed E-state index contributed by atoms with van der Waals surface area (Å²) in [4.78, 5) is 11.7. The van der Waals surface area contributed by atoms with E-state index in [2.05, 4.69) is 5.32 Å². The topological polar surface area (TPSA) is 38.3 Å². The zero-order valence-corrected chi connectivity index (χ0v) is 11.4. The van der Waals surface area contributed by atoms with E-state index in [1.54, 1.807) is 6.92 Å². The molecule has 0 aromatic heterocycles. The van der Waals surface area contributed by atoms with Gasteiger partial charge in [0.2, 0.25) is 0 Å². The number of amides is 1. The second kappa shape index (κ2) is 6.59. The first-order valence-electron chi connectivity index (χ1n) is 5.86. The number of carbonyl (C=O) groups excluding carboxylic acids is 1. The lowest BCUT2D eigenvalue weighted by Crippen LogP contribution is -2.40. The van der Waals surface area contributed by atoms with Crippen LogP contribution in [0.4, 0.5) is 4.39 Å². The number of carbonyl (C=O) groups is 1. The van der Waals surface area contributed by atoms with Gasteiger partial charge in [0.1, 0.15) is 11.6 Å². The van der Waals surface area contributed by atoms with E-state index in [-0.39, 0.29) is 22.7 Å². The van der Waals surface area contributed by atoms with Gasteiger partial charge in [-0.3, -0.25) is 4.79 Å². The van der Waals surface area contributed by atoms with E-state index in [4.69, 9.17) is 16.3 Å². The summed E-state index contributed by atoms with van der Waals surface area (Å²) in [7, 11) is 0. The van der Waals surface area contributed by atoms with Gasteiger partial charge in [-0.05, 0) is 32.4 Å². The van der Waals surface area contributed by atoms with E-state index >= 15 is 0 Å². The van der Waals surface area contributed by atoms with Crippen molar-refractivity contribution in [2.45, 2.75) is 39.3 Å². The molecule has 2 atom stereocenters. The Bertz CT molecular complexity index is 425. The fourth-order valence-electron chi connectivity index (χ4n) is 1.27. The van der Waals surface area contributed by atoms with Crippen molar-refractivity contribution in [1.29, 1.82) is 0 Å². The molecule has 100 valence electrons. The molecule has 0 aliphatic heterocycles. The second-order valence-corrected chi connectivity index (χ2v) is 4.56. The van der Waals surface area contributed by atoms with Crippen LogP contribution in [0, 0.1) is 5.82 Å². The maximum atomic E-state index is 13.2. The average Bonchev–Trinajstić information content (AvgIpc) is 2.33. The van der Waals surface area contributed by atoms with E-state index in [1.807, 2.05) is 13.8 Å². The molecule has 0 saturated carbocycles. The molecule has 0 bridgehead atoms. The van der Waals surface area contributed by atoms with Crippen LogP contribution >= 0.6 is 11.6 Å². The first kappa shape index (κ1) is 14.8. The van der Waals surface area contributed by atoms with Crippen molar-refractivity contribution < 1.29 is 13.9 Å². The molecule has 2 unspecified atom stereocenters. The number of ether oxygens (including phenoxy) is 1. The molecular formula is C13H17ClFNO2. The number of benzene rings is 1. The monoisotopic (exact) mass is 273 g/mol. The van der Waals surface area contributed by atoms with Gasteiger partial charge in [0, 0.05) is 12.1 Å². The number of hydrogen-bond acceptors (Lipinski definition) is 2. The Morgan fingerprint density at radius 1 is 1.50 bits per heavy atom. The molecule has 3 nitrogen and oxygen atoms in total. The number of halogens is 2. The highest BCUT2D eigenvalue weighted by Gasteiger charge is 2.16. The van der Waals surface area contributed by atoms with E-state index in [1.165, 1.54) is 12.1 Å². The van der Waals surface area contributed by atoms with Crippen LogP contribution < -0.4 is 10.1 Å². The highest BCUT2D eigenvalue weighted by Crippen LogP contribution is 2.21. The van der Waals surface area contributed by atoms with Crippen molar-refractivity contribution in [2.75, 3.05) is 0 Å². The van der Waals surface area contributed by atoms with Gasteiger partial charge in [-0.25, -0.2) is 4.39 Å². The van der Waals surface area contributed by atoms with Crippen LogP contribution in [0.25, 0.3) is 0 Å². The van der Waals surface area contributed by atoms with Crippen LogP contribution in [0.1, 0.15) is 27.2 Å². The molecule has 0 aliphatic carbocycles. The number of nitrogens with one attached hydrogen (secondary N) is 1. The third kappa shape index (κ3) is 4.18. The van der Waals surface area contributed by atoms with Gasteiger partial charge in [-0.2, -0.15) is 0 Å². The minimum Gasteiger partial charge on any atom is -0.481 e. The molecule has 1 N–H and O–H groups in total. The Hall–Kier alpha value is -1.29. The van der Waals surface area contributed by atoms with E-state index in [0.29, 0.717) is 0 Å². The van der Waals surface area contributed by atoms with Gasteiger partial charge >= 0.3 is 0 Å². The largest absolute Gasteiger partial charge is 0.481 e. The number of rotatable bonds is 5. The molecule has 0 heterocycles. The summed E-state index contributed by atoms with van der Waals surface area (Å²) < 4.78 is 18.5. The lowest BCUT2D eigenvalue weighted by molar-refractivity contribution is -0.127. The second-order valence-electron chi connectivity index (χ2n) is 4.15. The fourth-order valence-corrected chi connectivity index (χ4v) is 1.39. The first-order valence-corrected chi connectivity index (χ1v) is 6.24. The van der Waals surface area contributed by atoms with E-state index in [0.717, 1.165) is 12.5 Å². The molecule has 0 fully saturated rings. The summed E-state index contributed by atoms with van der Waals surface area (Å²) in [6, 6.07) is 4.17. The standard InChI is InChI=1S/C13H17ClFNO2/c1-4-8(2)16-13(17)9(3)18-10-5-6-11(14)12(15)7-10/h5-9H,4H2,1-3H3,(H,16,17). The molecule has 1 aromatic rings. The molecule has 1 amide bonds. The Balaban J connectivity index is 2.60. The Morgan fingerprint density at radius 3 is 2.72 bits per heavy atom. The summed E-state index contributed by atoms with van der Waals surface area (Å²) in [5, 5.41) is 2.82. The van der Waals surface area contributed by atoms with Gasteiger partial charge in [-0.1, -0.05) is 18.5 Å². The van der Waals surface area contributed by atoms with Crippen LogP contribution in [0.5, 0.6) is 5.75 Å². The van der Waals surface area contributed by atoms with Gasteiger partial charge in [0.25, 0.3) is 5.91 Å². The highest BCUT2D eigenvalue weighted by atomic mass is 35.5. The smallest absolute Gasteiger partial charge is 0.260 e. The van der Waals surface area contributed by atoms with Crippen molar-refractivity contribution in [3.05, 3.63) is 29.0 Å². The predicted molar refractivity (Wildman–Crippen MR) is 69.4 cm³/mol. The molecule has 0 aliphatic rings. The van der Waals surface area contributed by atoms with Crippen LogP contribution in [-0.2, 0) is 4.79 Å². The third-order valence-corrected chi connectivity index (χ3v) is 2.88. The Morgan fingerprint density at radius 2 is 2.17 bits per heavy atom. The maximum Gasteiger partial charge on any atom is 0.260 e. The van der Waals surface area contributed by atoms with Crippen molar-refractivity contribution in [3.8, 4) is 5.75 Å². The highest BCUT2D eigenvalue weighted by molar-refractivity contribution is 6.30. The third-order valence-electron chi connectivity index (χ3n) is 2.57. The van der Waals surface area contributed by atoms with Crippen molar-refractivity contribution >= 4 is 17.5 Å². The molecule has 0 spiro atoms. The van der Waals surface area contributed by atoms with Crippen molar-refractivity contribution in [1.82, 2.24) is 5.32 Å². The van der Waals surface area contributed by atoms with E-state index < -0.39 is 11.9 Å². The van der Waals surface area contributed by atoms with Crippen molar-refractivity contribution in [3.63, 3.8) is 0 Å². The van der Waals surface area contributed by atoms with Crippen LogP contribution in [-0.4, -0.2) is 18.1 Å². The van der Waals surface area contributed by atoms with E-state index in [9.17, 15) is 9.18 Å². The quantitative estimate of drug-likeness (QED) is 0.895.